The molecule has 0 spiro atoms. The van der Waals surface area contributed by atoms with Crippen LogP contribution in [0.15, 0.2) is 54.7 Å². The number of aryl methyl sites for hydroxylation is 2. The first-order chi connectivity index (χ1) is 11.2. The van der Waals surface area contributed by atoms with E-state index in [1.807, 2.05) is 6.07 Å². The Morgan fingerprint density at radius 3 is 2.65 bits per heavy atom. The van der Waals surface area contributed by atoms with Crippen LogP contribution in [0.25, 0.3) is 35.4 Å². The molecule has 4 aromatic rings. The predicted octanol–water partition coefficient (Wildman–Crippen LogP) is 4.40. The Morgan fingerprint density at radius 2 is 1.87 bits per heavy atom. The molecule has 0 radical (unpaired) electrons. The van der Waals surface area contributed by atoms with Crippen molar-refractivity contribution in [3.63, 3.8) is 0 Å². The Morgan fingerprint density at radius 1 is 1.04 bits per heavy atom. The third-order valence-corrected chi connectivity index (χ3v) is 6.76. The molecule has 4 rings (SSSR count). The SMILES string of the molecule is [C-]#[N+]c1ccc2c(c1)[se]c1c(-c3cccc[n+]3C)c(C)ccc12. The third kappa shape index (κ3) is 2.19. The average molecular weight is 362 g/mol. The summed E-state index contributed by atoms with van der Waals surface area (Å²) >= 11 is 0.246. The molecule has 0 aliphatic rings. The summed E-state index contributed by atoms with van der Waals surface area (Å²) in [5.74, 6) is 0. The second kappa shape index (κ2) is 5.35. The number of nitrogens with zero attached hydrogens (tertiary/aromatic N) is 2. The Bertz CT molecular complexity index is 1100. The van der Waals surface area contributed by atoms with Crippen LogP contribution in [0.3, 0.4) is 0 Å². The molecule has 0 amide bonds. The molecule has 0 bridgehead atoms. The number of rotatable bonds is 1. The van der Waals surface area contributed by atoms with Gasteiger partial charge in [-0.05, 0) is 0 Å². The fourth-order valence-electron chi connectivity index (χ4n) is 3.10. The van der Waals surface area contributed by atoms with E-state index in [9.17, 15) is 0 Å². The van der Waals surface area contributed by atoms with E-state index in [-0.39, 0.29) is 14.5 Å². The molecular weight excluding hydrogens is 347 g/mol. The van der Waals surface area contributed by atoms with Crippen LogP contribution < -0.4 is 4.57 Å². The van der Waals surface area contributed by atoms with E-state index in [4.69, 9.17) is 6.57 Å². The van der Waals surface area contributed by atoms with E-state index in [1.54, 1.807) is 0 Å². The Balaban J connectivity index is 2.14. The second-order valence-corrected chi connectivity index (χ2v) is 7.93. The van der Waals surface area contributed by atoms with Crippen LogP contribution in [0.2, 0.25) is 0 Å². The van der Waals surface area contributed by atoms with Crippen LogP contribution in [0.1, 0.15) is 5.56 Å². The van der Waals surface area contributed by atoms with Crippen LogP contribution >= 0.6 is 0 Å². The first-order valence-corrected chi connectivity index (χ1v) is 9.18. The van der Waals surface area contributed by atoms with Gasteiger partial charge in [0.15, 0.2) is 0 Å². The van der Waals surface area contributed by atoms with Gasteiger partial charge in [-0.2, -0.15) is 0 Å². The van der Waals surface area contributed by atoms with Crippen molar-refractivity contribution in [2.24, 2.45) is 7.05 Å². The van der Waals surface area contributed by atoms with Gasteiger partial charge in [0.2, 0.25) is 0 Å². The topological polar surface area (TPSA) is 8.24 Å². The van der Waals surface area contributed by atoms with Gasteiger partial charge in [0.1, 0.15) is 0 Å². The zero-order valence-electron chi connectivity index (χ0n) is 13.0. The maximum atomic E-state index is 7.24. The van der Waals surface area contributed by atoms with Crippen molar-refractivity contribution in [3.05, 3.63) is 71.7 Å². The summed E-state index contributed by atoms with van der Waals surface area (Å²) in [5, 5.41) is 2.63. The number of hydrogen-bond donors (Lipinski definition) is 0. The molecule has 2 aromatic carbocycles. The van der Waals surface area contributed by atoms with Gasteiger partial charge in [-0.25, -0.2) is 0 Å². The summed E-state index contributed by atoms with van der Waals surface area (Å²) in [5.41, 5.74) is 4.65. The summed E-state index contributed by atoms with van der Waals surface area (Å²) in [6.07, 6.45) is 2.10. The minimum absolute atomic E-state index is 0.246. The summed E-state index contributed by atoms with van der Waals surface area (Å²) in [6, 6.07) is 16.9. The van der Waals surface area contributed by atoms with Crippen LogP contribution in [0, 0.1) is 13.5 Å². The van der Waals surface area contributed by atoms with E-state index in [1.165, 1.54) is 36.1 Å². The van der Waals surface area contributed by atoms with Crippen LogP contribution in [0.4, 0.5) is 5.69 Å². The van der Waals surface area contributed by atoms with Gasteiger partial charge in [-0.1, -0.05) is 0 Å². The molecule has 23 heavy (non-hydrogen) atoms. The van der Waals surface area contributed by atoms with Gasteiger partial charge in [0.05, 0.1) is 0 Å². The fraction of sp³-hybridized carbons (Fsp3) is 0.100. The van der Waals surface area contributed by atoms with Gasteiger partial charge in [0, 0.05) is 0 Å². The summed E-state index contributed by atoms with van der Waals surface area (Å²) in [7, 11) is 2.10. The third-order valence-electron chi connectivity index (χ3n) is 4.27. The summed E-state index contributed by atoms with van der Waals surface area (Å²) < 4.78 is 4.95. The van der Waals surface area contributed by atoms with E-state index in [0.717, 1.165) is 5.69 Å². The molecule has 3 heteroatoms. The zero-order chi connectivity index (χ0) is 16.0. The first kappa shape index (κ1) is 14.2. The molecule has 0 N–H and O–H groups in total. The van der Waals surface area contributed by atoms with Crippen molar-refractivity contribution in [2.75, 3.05) is 0 Å². The Hall–Kier alpha value is -2.40. The molecule has 2 nitrogen and oxygen atoms in total. The molecule has 0 saturated carbocycles. The Labute approximate surface area is 141 Å². The molecule has 0 aliphatic carbocycles. The van der Waals surface area contributed by atoms with E-state index in [2.05, 4.69) is 72.0 Å². The van der Waals surface area contributed by atoms with E-state index in [0.29, 0.717) is 0 Å². The monoisotopic (exact) mass is 363 g/mol. The zero-order valence-corrected chi connectivity index (χ0v) is 14.7. The Kier molecular flexibility index (Phi) is 3.31. The molecule has 0 saturated heterocycles. The number of hydrogen-bond acceptors (Lipinski definition) is 0. The van der Waals surface area contributed by atoms with Crippen LogP contribution in [-0.2, 0) is 7.05 Å². The first-order valence-electron chi connectivity index (χ1n) is 7.47. The minimum atomic E-state index is 0.246. The molecule has 0 atom stereocenters. The van der Waals surface area contributed by atoms with Gasteiger partial charge in [-0.15, -0.1) is 0 Å². The van der Waals surface area contributed by atoms with Crippen LogP contribution in [-0.4, -0.2) is 14.5 Å². The van der Waals surface area contributed by atoms with Crippen molar-refractivity contribution in [2.45, 2.75) is 6.92 Å². The van der Waals surface area contributed by atoms with Gasteiger partial charge in [-0.3, -0.25) is 0 Å². The van der Waals surface area contributed by atoms with E-state index >= 15 is 0 Å². The van der Waals surface area contributed by atoms with Crippen LogP contribution in [0.5, 0.6) is 0 Å². The fourth-order valence-corrected chi connectivity index (χ4v) is 5.92. The molecular formula is C20H15N2Se+. The molecule has 0 fully saturated rings. The molecule has 0 unspecified atom stereocenters. The molecule has 110 valence electrons. The second-order valence-electron chi connectivity index (χ2n) is 5.73. The van der Waals surface area contributed by atoms with Crippen molar-refractivity contribution in [1.82, 2.24) is 0 Å². The standard InChI is InChI=1S/C20H15N2Se/c1-13-7-9-16-15-10-8-14(21-2)12-18(15)23-20(16)19(13)17-6-4-5-11-22(17)3/h4-12H,1,3H3/q+1. The molecule has 2 aromatic heterocycles. The van der Waals surface area contributed by atoms with Gasteiger partial charge < -0.3 is 0 Å². The van der Waals surface area contributed by atoms with Crippen molar-refractivity contribution < 1.29 is 4.57 Å². The van der Waals surface area contributed by atoms with Crippen molar-refractivity contribution >= 4 is 39.5 Å². The van der Waals surface area contributed by atoms with Crippen molar-refractivity contribution in [1.29, 1.82) is 0 Å². The maximum absolute atomic E-state index is 7.24. The van der Waals surface area contributed by atoms with Gasteiger partial charge in [0.25, 0.3) is 0 Å². The number of benzene rings is 2. The number of aromatic nitrogens is 1. The molecule has 0 aliphatic heterocycles. The van der Waals surface area contributed by atoms with Gasteiger partial charge >= 0.3 is 141 Å². The van der Waals surface area contributed by atoms with E-state index < -0.39 is 0 Å². The normalized spacial score (nSPS) is 11.0. The molecule has 2 heterocycles. The summed E-state index contributed by atoms with van der Waals surface area (Å²) in [4.78, 5) is 3.58. The predicted molar refractivity (Wildman–Crippen MR) is 96.0 cm³/mol. The van der Waals surface area contributed by atoms with Crippen molar-refractivity contribution in [3.8, 4) is 11.3 Å². The number of fused-ring (bicyclic) bond motifs is 3. The average Bonchev–Trinajstić information content (AvgIpc) is 2.93. The quantitative estimate of drug-likeness (QED) is 0.270. The number of pyridine rings is 1. The summed E-state index contributed by atoms with van der Waals surface area (Å²) in [6.45, 7) is 9.42.